The first kappa shape index (κ1) is 16.5. The number of rotatable bonds is 1. The zero-order valence-electron chi connectivity index (χ0n) is 14.5. The average molecular weight is 317 g/mol. The van der Waals surface area contributed by atoms with Crippen LogP contribution in [0.4, 0.5) is 0 Å². The van der Waals surface area contributed by atoms with Gasteiger partial charge in [-0.25, -0.2) is 0 Å². The van der Waals surface area contributed by atoms with Gasteiger partial charge in [0.15, 0.2) is 0 Å². The number of hydrogen-bond donors (Lipinski definition) is 0. The number of hydrogen-bond acceptors (Lipinski definition) is 4. The lowest BCUT2D eigenvalue weighted by molar-refractivity contribution is -0.180. The van der Waals surface area contributed by atoms with Crippen LogP contribution in [0.1, 0.15) is 65.2 Å². The van der Waals surface area contributed by atoms with E-state index in [0.29, 0.717) is 12.8 Å². The van der Waals surface area contributed by atoms with Crippen LogP contribution in [0.3, 0.4) is 0 Å². The molecular weight excluding hydrogens is 290 g/mol. The normalized spacial score (nSPS) is 46.3. The molecule has 0 aromatic carbocycles. The zero-order valence-corrected chi connectivity index (χ0v) is 14.5. The molecule has 0 aliphatic heterocycles. The van der Waals surface area contributed by atoms with Gasteiger partial charge >= 0.3 is 5.97 Å². The Morgan fingerprint density at radius 3 is 2.61 bits per heavy atom. The minimum atomic E-state index is -0.505. The Morgan fingerprint density at radius 1 is 1.22 bits per heavy atom. The smallest absolute Gasteiger partial charge is 0.311 e. The molecular formula is C19H27NO3. The summed E-state index contributed by atoms with van der Waals surface area (Å²) in [7, 11) is 1.47. The van der Waals surface area contributed by atoms with Crippen LogP contribution in [0.15, 0.2) is 0 Å². The fourth-order valence-electron chi connectivity index (χ4n) is 6.40. The second kappa shape index (κ2) is 5.33. The Labute approximate surface area is 138 Å². The van der Waals surface area contributed by atoms with Crippen LogP contribution in [-0.4, -0.2) is 18.9 Å². The molecule has 126 valence electrons. The van der Waals surface area contributed by atoms with Gasteiger partial charge in [-0.15, -0.1) is 0 Å². The van der Waals surface area contributed by atoms with Gasteiger partial charge in [0, 0.05) is 12.8 Å². The summed E-state index contributed by atoms with van der Waals surface area (Å²) in [5.74, 6) is 0.595. The van der Waals surface area contributed by atoms with E-state index in [9.17, 15) is 14.9 Å². The van der Waals surface area contributed by atoms with E-state index in [1.54, 1.807) is 0 Å². The highest BCUT2D eigenvalue weighted by atomic mass is 16.5. The van der Waals surface area contributed by atoms with Crippen molar-refractivity contribution in [3.8, 4) is 6.07 Å². The topological polar surface area (TPSA) is 67.2 Å². The molecule has 0 aromatic rings. The molecule has 0 amide bonds. The van der Waals surface area contributed by atoms with E-state index in [0.717, 1.165) is 38.5 Å². The monoisotopic (exact) mass is 317 g/mol. The van der Waals surface area contributed by atoms with Crippen LogP contribution in [-0.2, 0) is 14.3 Å². The summed E-state index contributed by atoms with van der Waals surface area (Å²) in [6.07, 6.45) is 6.29. The number of carbonyl (C=O) groups excluding carboxylic acids is 2. The third-order valence-corrected chi connectivity index (χ3v) is 7.42. The summed E-state index contributed by atoms with van der Waals surface area (Å²) >= 11 is 0. The molecule has 0 heterocycles. The fourth-order valence-corrected chi connectivity index (χ4v) is 6.40. The van der Waals surface area contributed by atoms with Crippen molar-refractivity contribution >= 4 is 11.8 Å². The lowest BCUT2D eigenvalue weighted by Gasteiger charge is -2.62. The molecule has 0 saturated heterocycles. The Balaban J connectivity index is 2.02. The van der Waals surface area contributed by atoms with Gasteiger partial charge in [0.05, 0.1) is 24.0 Å². The number of Topliss-reactive ketones (excluding diaryl/α,β-unsaturated/α-hetero) is 1. The van der Waals surface area contributed by atoms with Crippen molar-refractivity contribution in [2.45, 2.75) is 65.2 Å². The Morgan fingerprint density at radius 2 is 1.96 bits per heavy atom. The summed E-state index contributed by atoms with van der Waals surface area (Å²) < 4.78 is 5.13. The number of nitrogens with zero attached hydrogens (tertiary/aromatic N) is 1. The molecule has 3 aliphatic rings. The first-order chi connectivity index (χ1) is 10.8. The molecule has 0 N–H and O–H groups in total. The summed E-state index contributed by atoms with van der Waals surface area (Å²) in [6, 6.07) is 2.54. The molecule has 3 saturated carbocycles. The maximum Gasteiger partial charge on any atom is 0.311 e. The van der Waals surface area contributed by atoms with Gasteiger partial charge in [0.25, 0.3) is 0 Å². The standard InChI is InChI=1S/C19H27NO3/c1-17-8-4-9-18(2,16(22)23-3)14(17)7-10-19(12-20)11-13(21)5-6-15(17)19/h14-15H,4-11H2,1-3H3/t14-,15+,17+,18+,19-/m0/s1. The van der Waals surface area contributed by atoms with Crippen molar-refractivity contribution in [1.29, 1.82) is 5.26 Å². The molecule has 0 spiro atoms. The number of esters is 1. The quantitative estimate of drug-likeness (QED) is 0.692. The van der Waals surface area contributed by atoms with Crippen LogP contribution in [0, 0.1) is 39.4 Å². The van der Waals surface area contributed by atoms with E-state index in [-0.39, 0.29) is 29.0 Å². The van der Waals surface area contributed by atoms with Gasteiger partial charge in [-0.2, -0.15) is 5.26 Å². The van der Waals surface area contributed by atoms with Gasteiger partial charge in [0.2, 0.25) is 0 Å². The predicted molar refractivity (Wildman–Crippen MR) is 85.2 cm³/mol. The molecule has 3 fully saturated rings. The lowest BCUT2D eigenvalue weighted by Crippen LogP contribution is -2.59. The third-order valence-electron chi connectivity index (χ3n) is 7.42. The molecule has 23 heavy (non-hydrogen) atoms. The van der Waals surface area contributed by atoms with Crippen LogP contribution >= 0.6 is 0 Å². The van der Waals surface area contributed by atoms with E-state index < -0.39 is 10.8 Å². The van der Waals surface area contributed by atoms with Gasteiger partial charge in [-0.05, 0) is 56.3 Å². The minimum Gasteiger partial charge on any atom is -0.469 e. The van der Waals surface area contributed by atoms with Crippen molar-refractivity contribution in [1.82, 2.24) is 0 Å². The number of ketones is 1. The van der Waals surface area contributed by atoms with E-state index in [4.69, 9.17) is 4.74 Å². The van der Waals surface area contributed by atoms with Crippen LogP contribution < -0.4 is 0 Å². The number of methoxy groups -OCH3 is 1. The van der Waals surface area contributed by atoms with Crippen molar-refractivity contribution in [2.75, 3.05) is 7.11 Å². The molecule has 0 bridgehead atoms. The van der Waals surface area contributed by atoms with Crippen molar-refractivity contribution in [3.63, 3.8) is 0 Å². The summed E-state index contributed by atoms with van der Waals surface area (Å²) in [6.45, 7) is 4.32. The second-order valence-electron chi connectivity index (χ2n) is 8.43. The Kier molecular flexibility index (Phi) is 3.82. The highest BCUT2D eigenvalue weighted by molar-refractivity contribution is 5.81. The molecule has 3 aliphatic carbocycles. The number of carbonyl (C=O) groups is 2. The van der Waals surface area contributed by atoms with Gasteiger partial charge < -0.3 is 4.74 Å². The van der Waals surface area contributed by atoms with Crippen LogP contribution in [0.5, 0.6) is 0 Å². The summed E-state index contributed by atoms with van der Waals surface area (Å²) in [5, 5.41) is 9.89. The highest BCUT2D eigenvalue weighted by Crippen LogP contribution is 2.67. The van der Waals surface area contributed by atoms with E-state index in [2.05, 4.69) is 13.0 Å². The average Bonchev–Trinajstić information content (AvgIpc) is 2.53. The van der Waals surface area contributed by atoms with Crippen molar-refractivity contribution < 1.29 is 14.3 Å². The number of ether oxygens (including phenoxy) is 1. The molecule has 0 unspecified atom stereocenters. The first-order valence-electron chi connectivity index (χ1n) is 8.84. The maximum absolute atomic E-state index is 12.5. The fraction of sp³-hybridized carbons (Fsp3) is 0.842. The Hall–Kier alpha value is -1.37. The second-order valence-corrected chi connectivity index (χ2v) is 8.43. The van der Waals surface area contributed by atoms with Crippen molar-refractivity contribution in [2.24, 2.45) is 28.1 Å². The third kappa shape index (κ3) is 2.16. The summed E-state index contributed by atoms with van der Waals surface area (Å²) in [5.41, 5.74) is -1.00. The highest BCUT2D eigenvalue weighted by Gasteiger charge is 2.64. The maximum atomic E-state index is 12.5. The van der Waals surface area contributed by atoms with Gasteiger partial charge in [-0.3, -0.25) is 9.59 Å². The Bertz CT molecular complexity index is 580. The van der Waals surface area contributed by atoms with E-state index in [1.807, 2.05) is 6.92 Å². The van der Waals surface area contributed by atoms with Gasteiger partial charge in [-0.1, -0.05) is 13.3 Å². The van der Waals surface area contributed by atoms with E-state index >= 15 is 0 Å². The van der Waals surface area contributed by atoms with E-state index in [1.165, 1.54) is 7.11 Å². The van der Waals surface area contributed by atoms with Gasteiger partial charge in [0.1, 0.15) is 5.78 Å². The van der Waals surface area contributed by atoms with Crippen molar-refractivity contribution in [3.05, 3.63) is 0 Å². The molecule has 0 radical (unpaired) electrons. The summed E-state index contributed by atoms with van der Waals surface area (Å²) in [4.78, 5) is 24.5. The van der Waals surface area contributed by atoms with Crippen LogP contribution in [0.25, 0.3) is 0 Å². The first-order valence-corrected chi connectivity index (χ1v) is 8.84. The largest absolute Gasteiger partial charge is 0.469 e. The number of fused-ring (bicyclic) bond motifs is 3. The molecule has 4 nitrogen and oxygen atoms in total. The molecule has 5 atom stereocenters. The zero-order chi connectivity index (χ0) is 16.9. The molecule has 0 aromatic heterocycles. The SMILES string of the molecule is COC(=O)[C@]1(C)CCC[C@@]2(C)[C@H]3CCC(=O)C[C@]3(C#N)CC[C@@H]21. The number of nitriles is 1. The minimum absolute atomic E-state index is 0.0458. The van der Waals surface area contributed by atoms with Crippen LogP contribution in [0.2, 0.25) is 0 Å². The molecule has 3 rings (SSSR count). The lowest BCUT2D eigenvalue weighted by atomic mass is 9.41. The predicted octanol–water partition coefficient (Wildman–Crippen LogP) is 3.65. The molecule has 4 heteroatoms.